The van der Waals surface area contributed by atoms with Crippen molar-refractivity contribution in [1.29, 1.82) is 0 Å². The molecule has 100 valence electrons. The highest BCUT2D eigenvalue weighted by atomic mass is 32.1. The summed E-state index contributed by atoms with van der Waals surface area (Å²) in [6, 6.07) is 2.09. The van der Waals surface area contributed by atoms with E-state index in [0.29, 0.717) is 19.6 Å². The minimum Gasteiger partial charge on any atom is -0.375 e. The Labute approximate surface area is 112 Å². The van der Waals surface area contributed by atoms with Gasteiger partial charge in [-0.1, -0.05) is 0 Å². The van der Waals surface area contributed by atoms with E-state index in [9.17, 15) is 4.79 Å². The second-order valence-corrected chi connectivity index (χ2v) is 5.68. The Balaban J connectivity index is 1.83. The van der Waals surface area contributed by atoms with Crippen LogP contribution >= 0.6 is 11.3 Å². The van der Waals surface area contributed by atoms with E-state index < -0.39 is 0 Å². The van der Waals surface area contributed by atoms with Crippen molar-refractivity contribution in [3.63, 3.8) is 0 Å². The molecule has 1 atom stereocenters. The zero-order valence-corrected chi connectivity index (χ0v) is 11.8. The van der Waals surface area contributed by atoms with Crippen LogP contribution in [0, 0.1) is 6.92 Å². The molecule has 2 rings (SSSR count). The maximum Gasteiger partial charge on any atom is 0.225 e. The van der Waals surface area contributed by atoms with Crippen molar-refractivity contribution in [3.05, 3.63) is 21.9 Å². The van der Waals surface area contributed by atoms with Crippen LogP contribution in [0.1, 0.15) is 16.9 Å². The molecule has 1 aliphatic rings. The lowest BCUT2D eigenvalue weighted by atomic mass is 10.2. The van der Waals surface area contributed by atoms with Crippen LogP contribution in [0.5, 0.6) is 0 Å². The van der Waals surface area contributed by atoms with Crippen LogP contribution in [0.25, 0.3) is 0 Å². The molecule has 1 saturated heterocycles. The monoisotopic (exact) mass is 268 g/mol. The van der Waals surface area contributed by atoms with Gasteiger partial charge < -0.3 is 15.0 Å². The number of thiophene rings is 1. The molecule has 5 heteroatoms. The van der Waals surface area contributed by atoms with Gasteiger partial charge in [0.25, 0.3) is 0 Å². The summed E-state index contributed by atoms with van der Waals surface area (Å²) < 4.78 is 5.55. The zero-order chi connectivity index (χ0) is 13.0. The maximum atomic E-state index is 12.1. The van der Waals surface area contributed by atoms with Gasteiger partial charge in [-0.3, -0.25) is 4.79 Å². The number of hydrogen-bond acceptors (Lipinski definition) is 4. The number of carbonyl (C=O) groups excluding carboxylic acids is 1. The molecule has 0 spiro atoms. The van der Waals surface area contributed by atoms with Gasteiger partial charge in [0.15, 0.2) is 0 Å². The van der Waals surface area contributed by atoms with E-state index in [4.69, 9.17) is 4.74 Å². The van der Waals surface area contributed by atoms with Gasteiger partial charge >= 0.3 is 0 Å². The molecular formula is C13H20N2O2S. The van der Waals surface area contributed by atoms with Crippen molar-refractivity contribution in [2.24, 2.45) is 0 Å². The maximum absolute atomic E-state index is 12.1. The summed E-state index contributed by atoms with van der Waals surface area (Å²) in [6.07, 6.45) is 0.492. The molecule has 1 amide bonds. The lowest BCUT2D eigenvalue weighted by molar-refractivity contribution is -0.133. The fraction of sp³-hybridized carbons (Fsp3) is 0.615. The van der Waals surface area contributed by atoms with E-state index in [1.807, 2.05) is 7.05 Å². The molecule has 1 N–H and O–H groups in total. The molecule has 1 unspecified atom stereocenters. The van der Waals surface area contributed by atoms with Crippen molar-refractivity contribution in [2.45, 2.75) is 26.0 Å². The average Bonchev–Trinajstić information content (AvgIpc) is 2.76. The van der Waals surface area contributed by atoms with E-state index in [0.717, 1.165) is 13.1 Å². The second kappa shape index (κ2) is 6.31. The molecule has 2 heterocycles. The number of rotatable bonds is 4. The van der Waals surface area contributed by atoms with Gasteiger partial charge in [0.1, 0.15) is 0 Å². The van der Waals surface area contributed by atoms with Crippen molar-refractivity contribution >= 4 is 17.2 Å². The van der Waals surface area contributed by atoms with Crippen LogP contribution in [0.3, 0.4) is 0 Å². The first-order valence-electron chi connectivity index (χ1n) is 6.26. The summed E-state index contributed by atoms with van der Waals surface area (Å²) in [5.74, 6) is 0.150. The molecule has 1 aliphatic heterocycles. The summed E-state index contributed by atoms with van der Waals surface area (Å²) in [7, 11) is 1.86. The van der Waals surface area contributed by atoms with E-state index in [1.54, 1.807) is 16.2 Å². The number of morpholine rings is 1. The molecule has 0 bridgehead atoms. The number of aryl methyl sites for hydroxylation is 1. The van der Waals surface area contributed by atoms with Crippen molar-refractivity contribution in [3.8, 4) is 0 Å². The predicted octanol–water partition coefficient (Wildman–Crippen LogP) is 1.39. The van der Waals surface area contributed by atoms with Crippen LogP contribution in [-0.2, 0) is 16.1 Å². The average molecular weight is 268 g/mol. The number of hydrogen-bond donors (Lipinski definition) is 1. The SMILES string of the molecule is Cc1ccsc1CN(C)C(=O)CC1CNCCO1. The summed E-state index contributed by atoms with van der Waals surface area (Å²) in [5.41, 5.74) is 1.26. The minimum absolute atomic E-state index is 0.0260. The van der Waals surface area contributed by atoms with E-state index >= 15 is 0 Å². The Morgan fingerprint density at radius 3 is 3.11 bits per heavy atom. The van der Waals surface area contributed by atoms with Crippen LogP contribution in [0.2, 0.25) is 0 Å². The standard InChI is InChI=1S/C13H20N2O2S/c1-10-3-6-18-12(10)9-15(2)13(16)7-11-8-14-4-5-17-11/h3,6,11,14H,4-5,7-9H2,1-2H3. The van der Waals surface area contributed by atoms with Gasteiger partial charge in [-0.2, -0.15) is 0 Å². The van der Waals surface area contributed by atoms with E-state index in [-0.39, 0.29) is 12.0 Å². The van der Waals surface area contributed by atoms with Crippen molar-refractivity contribution < 1.29 is 9.53 Å². The van der Waals surface area contributed by atoms with E-state index in [2.05, 4.69) is 23.7 Å². The number of carbonyl (C=O) groups is 1. The fourth-order valence-electron chi connectivity index (χ4n) is 1.97. The minimum atomic E-state index is 0.0260. The topological polar surface area (TPSA) is 41.6 Å². The Morgan fingerprint density at radius 1 is 1.67 bits per heavy atom. The number of amides is 1. The summed E-state index contributed by atoms with van der Waals surface area (Å²) >= 11 is 1.70. The fourth-order valence-corrected chi connectivity index (χ4v) is 2.93. The Morgan fingerprint density at radius 2 is 2.50 bits per heavy atom. The first-order valence-corrected chi connectivity index (χ1v) is 7.14. The number of nitrogens with one attached hydrogen (secondary N) is 1. The van der Waals surface area contributed by atoms with Gasteiger partial charge in [0.2, 0.25) is 5.91 Å². The first-order chi connectivity index (χ1) is 8.66. The lowest BCUT2D eigenvalue weighted by Gasteiger charge is -2.25. The molecular weight excluding hydrogens is 248 g/mol. The molecule has 4 nitrogen and oxygen atoms in total. The number of nitrogens with zero attached hydrogens (tertiary/aromatic N) is 1. The molecule has 18 heavy (non-hydrogen) atoms. The van der Waals surface area contributed by atoms with Gasteiger partial charge in [0.05, 0.1) is 25.7 Å². The number of ether oxygens (including phenoxy) is 1. The van der Waals surface area contributed by atoms with Gasteiger partial charge in [0, 0.05) is 25.0 Å². The molecule has 0 aliphatic carbocycles. The Bertz CT molecular complexity index is 399. The van der Waals surface area contributed by atoms with E-state index in [1.165, 1.54) is 10.4 Å². The van der Waals surface area contributed by atoms with Crippen molar-refractivity contribution in [1.82, 2.24) is 10.2 Å². The summed E-state index contributed by atoms with van der Waals surface area (Å²) in [6.45, 7) is 5.14. The molecule has 0 radical (unpaired) electrons. The highest BCUT2D eigenvalue weighted by Gasteiger charge is 2.20. The molecule has 1 aromatic heterocycles. The normalized spacial score (nSPS) is 19.8. The largest absolute Gasteiger partial charge is 0.375 e. The zero-order valence-electron chi connectivity index (χ0n) is 10.9. The van der Waals surface area contributed by atoms with Crippen LogP contribution < -0.4 is 5.32 Å². The Kier molecular flexibility index (Phi) is 4.74. The van der Waals surface area contributed by atoms with Crippen LogP contribution in [0.4, 0.5) is 0 Å². The molecule has 0 saturated carbocycles. The lowest BCUT2D eigenvalue weighted by Crippen LogP contribution is -2.41. The highest BCUT2D eigenvalue weighted by molar-refractivity contribution is 7.10. The second-order valence-electron chi connectivity index (χ2n) is 4.68. The third-order valence-corrected chi connectivity index (χ3v) is 4.19. The van der Waals surface area contributed by atoms with Gasteiger partial charge in [-0.25, -0.2) is 0 Å². The smallest absolute Gasteiger partial charge is 0.225 e. The van der Waals surface area contributed by atoms with Gasteiger partial charge in [-0.05, 0) is 23.9 Å². The Hall–Kier alpha value is -0.910. The summed E-state index contributed by atoms with van der Waals surface area (Å²) in [5, 5.41) is 5.31. The highest BCUT2D eigenvalue weighted by Crippen LogP contribution is 2.17. The third kappa shape index (κ3) is 3.54. The summed E-state index contributed by atoms with van der Waals surface area (Å²) in [4.78, 5) is 15.1. The third-order valence-electron chi connectivity index (χ3n) is 3.18. The first kappa shape index (κ1) is 13.5. The van der Waals surface area contributed by atoms with Crippen molar-refractivity contribution in [2.75, 3.05) is 26.7 Å². The predicted molar refractivity (Wildman–Crippen MR) is 72.8 cm³/mol. The molecule has 1 aromatic rings. The van der Waals surface area contributed by atoms with Crippen LogP contribution in [0.15, 0.2) is 11.4 Å². The quantitative estimate of drug-likeness (QED) is 0.897. The molecule has 0 aromatic carbocycles. The molecule has 1 fully saturated rings. The van der Waals surface area contributed by atoms with Crippen LogP contribution in [-0.4, -0.2) is 43.7 Å². The van der Waals surface area contributed by atoms with Gasteiger partial charge in [-0.15, -0.1) is 11.3 Å².